The molecule has 1 aliphatic rings. The standard InChI is InChI=1S/C26H28N4O4S/c1-18(2)28-23(31)20-10-12-21(13-11-20)30(25-27-14-16-35-25)24(32)22-9-6-15-29(22)26(33)34-17-19-7-4-3-5-8-19/h3-5,7-8,10-14,16,18,22H,6,9,15,17H2,1-2H3,(H,28,31). The summed E-state index contributed by atoms with van der Waals surface area (Å²) in [7, 11) is 0. The van der Waals surface area contributed by atoms with Crippen LogP contribution in [0.1, 0.15) is 42.6 Å². The zero-order valence-corrected chi connectivity index (χ0v) is 20.5. The van der Waals surface area contributed by atoms with E-state index in [0.29, 0.717) is 35.8 Å². The molecule has 35 heavy (non-hydrogen) atoms. The average Bonchev–Trinajstić information content (AvgIpc) is 3.56. The maximum absolute atomic E-state index is 13.8. The monoisotopic (exact) mass is 492 g/mol. The van der Waals surface area contributed by atoms with Crippen molar-refractivity contribution in [2.75, 3.05) is 11.4 Å². The lowest BCUT2D eigenvalue weighted by Crippen LogP contribution is -2.46. The highest BCUT2D eigenvalue weighted by molar-refractivity contribution is 7.13. The summed E-state index contributed by atoms with van der Waals surface area (Å²) in [5, 5.41) is 5.15. The van der Waals surface area contributed by atoms with E-state index in [9.17, 15) is 14.4 Å². The Kier molecular flexibility index (Phi) is 7.77. The SMILES string of the molecule is CC(C)NC(=O)c1ccc(N(C(=O)C2CCCN2C(=O)OCc2ccccc2)c2nccs2)cc1. The van der Waals surface area contributed by atoms with E-state index in [-0.39, 0.29) is 24.5 Å². The minimum atomic E-state index is -0.661. The number of rotatable bonds is 7. The van der Waals surface area contributed by atoms with Gasteiger partial charge in [0.25, 0.3) is 11.8 Å². The van der Waals surface area contributed by atoms with E-state index in [2.05, 4.69) is 10.3 Å². The van der Waals surface area contributed by atoms with Crippen LogP contribution in [0.3, 0.4) is 0 Å². The molecule has 8 nitrogen and oxygen atoms in total. The van der Waals surface area contributed by atoms with Crippen molar-refractivity contribution >= 4 is 40.1 Å². The molecule has 9 heteroatoms. The summed E-state index contributed by atoms with van der Waals surface area (Å²) in [5.41, 5.74) is 1.96. The number of benzene rings is 2. The molecule has 4 rings (SSSR count). The summed E-state index contributed by atoms with van der Waals surface area (Å²) in [6, 6.07) is 15.6. The molecule has 1 atom stereocenters. The van der Waals surface area contributed by atoms with Crippen LogP contribution in [0.25, 0.3) is 0 Å². The van der Waals surface area contributed by atoms with E-state index in [4.69, 9.17) is 4.74 Å². The molecule has 0 spiro atoms. The lowest BCUT2D eigenvalue weighted by molar-refractivity contribution is -0.121. The first-order chi connectivity index (χ1) is 16.9. The molecule has 1 N–H and O–H groups in total. The Morgan fingerprint density at radius 1 is 1.14 bits per heavy atom. The van der Waals surface area contributed by atoms with Gasteiger partial charge in [0, 0.05) is 29.7 Å². The molecule has 1 fully saturated rings. The van der Waals surface area contributed by atoms with Crippen molar-refractivity contribution in [2.45, 2.75) is 45.4 Å². The predicted molar refractivity (Wildman–Crippen MR) is 135 cm³/mol. The van der Waals surface area contributed by atoms with Crippen molar-refractivity contribution in [1.29, 1.82) is 0 Å². The number of carbonyl (C=O) groups excluding carboxylic acids is 3. The minimum absolute atomic E-state index is 0.0190. The molecular weight excluding hydrogens is 464 g/mol. The number of thiazole rings is 1. The topological polar surface area (TPSA) is 91.8 Å². The number of anilines is 2. The molecule has 0 aliphatic carbocycles. The first-order valence-electron chi connectivity index (χ1n) is 11.6. The second-order valence-electron chi connectivity index (χ2n) is 8.55. The van der Waals surface area contributed by atoms with Crippen molar-refractivity contribution in [3.63, 3.8) is 0 Å². The number of ether oxygens (including phenoxy) is 1. The van der Waals surface area contributed by atoms with Crippen molar-refractivity contribution < 1.29 is 19.1 Å². The smallest absolute Gasteiger partial charge is 0.410 e. The lowest BCUT2D eigenvalue weighted by atomic mass is 10.1. The van der Waals surface area contributed by atoms with Gasteiger partial charge in [0.2, 0.25) is 0 Å². The first kappa shape index (κ1) is 24.4. The van der Waals surface area contributed by atoms with Crippen LogP contribution in [-0.2, 0) is 16.1 Å². The highest BCUT2D eigenvalue weighted by Gasteiger charge is 2.39. The van der Waals surface area contributed by atoms with Crippen LogP contribution in [0.2, 0.25) is 0 Å². The molecule has 1 aliphatic heterocycles. The third-order valence-electron chi connectivity index (χ3n) is 5.62. The Labute approximate surface area is 208 Å². The van der Waals surface area contributed by atoms with Gasteiger partial charge in [-0.2, -0.15) is 0 Å². The molecule has 0 bridgehead atoms. The summed E-state index contributed by atoms with van der Waals surface area (Å²) in [6.45, 7) is 4.39. The zero-order chi connectivity index (χ0) is 24.8. The molecule has 2 heterocycles. The van der Waals surface area contributed by atoms with Crippen molar-refractivity contribution in [1.82, 2.24) is 15.2 Å². The Hall–Kier alpha value is -3.72. The minimum Gasteiger partial charge on any atom is -0.445 e. The summed E-state index contributed by atoms with van der Waals surface area (Å²) in [5.74, 6) is -0.435. The van der Waals surface area contributed by atoms with Gasteiger partial charge in [-0.1, -0.05) is 30.3 Å². The van der Waals surface area contributed by atoms with E-state index in [1.165, 1.54) is 21.1 Å². The second-order valence-corrected chi connectivity index (χ2v) is 9.43. The number of hydrogen-bond donors (Lipinski definition) is 1. The number of hydrogen-bond acceptors (Lipinski definition) is 6. The summed E-state index contributed by atoms with van der Waals surface area (Å²) >= 11 is 1.33. The second kappa shape index (κ2) is 11.1. The molecule has 3 amide bonds. The molecule has 182 valence electrons. The number of likely N-dealkylation sites (tertiary alicyclic amines) is 1. The zero-order valence-electron chi connectivity index (χ0n) is 19.7. The quantitative estimate of drug-likeness (QED) is 0.514. The Morgan fingerprint density at radius 3 is 2.54 bits per heavy atom. The van der Waals surface area contributed by atoms with Crippen molar-refractivity contribution in [3.05, 3.63) is 77.3 Å². The summed E-state index contributed by atoms with van der Waals surface area (Å²) in [4.78, 5) is 46.3. The van der Waals surface area contributed by atoms with Crippen LogP contribution in [0.5, 0.6) is 0 Å². The molecule has 1 saturated heterocycles. The highest BCUT2D eigenvalue weighted by Crippen LogP contribution is 2.31. The van der Waals surface area contributed by atoms with Crippen LogP contribution >= 0.6 is 11.3 Å². The average molecular weight is 493 g/mol. The normalized spacial score (nSPS) is 15.2. The fraction of sp³-hybridized carbons (Fsp3) is 0.308. The van der Waals surface area contributed by atoms with Gasteiger partial charge >= 0.3 is 6.09 Å². The molecule has 1 unspecified atom stereocenters. The van der Waals surface area contributed by atoms with E-state index in [1.807, 2.05) is 44.2 Å². The Bertz CT molecular complexity index is 1150. The summed E-state index contributed by atoms with van der Waals surface area (Å²) < 4.78 is 5.50. The third kappa shape index (κ3) is 5.86. The highest BCUT2D eigenvalue weighted by atomic mass is 32.1. The maximum atomic E-state index is 13.8. The number of nitrogens with zero attached hydrogens (tertiary/aromatic N) is 3. The van der Waals surface area contributed by atoms with Gasteiger partial charge in [0.1, 0.15) is 12.6 Å². The fourth-order valence-electron chi connectivity index (χ4n) is 3.96. The van der Waals surface area contributed by atoms with Gasteiger partial charge in [0.15, 0.2) is 5.13 Å². The molecule has 0 radical (unpaired) electrons. The first-order valence-corrected chi connectivity index (χ1v) is 12.4. The predicted octanol–water partition coefficient (Wildman–Crippen LogP) is 4.75. The summed E-state index contributed by atoms with van der Waals surface area (Å²) in [6.07, 6.45) is 2.36. The number of aromatic nitrogens is 1. The number of carbonyl (C=O) groups is 3. The van der Waals surface area contributed by atoms with Gasteiger partial charge < -0.3 is 10.1 Å². The van der Waals surface area contributed by atoms with Crippen LogP contribution in [0, 0.1) is 0 Å². The third-order valence-corrected chi connectivity index (χ3v) is 6.37. The van der Waals surface area contributed by atoms with Crippen molar-refractivity contribution in [2.24, 2.45) is 0 Å². The van der Waals surface area contributed by atoms with Crippen LogP contribution in [0.15, 0.2) is 66.2 Å². The maximum Gasteiger partial charge on any atom is 0.410 e. The van der Waals surface area contributed by atoms with E-state index < -0.39 is 12.1 Å². The van der Waals surface area contributed by atoms with E-state index >= 15 is 0 Å². The van der Waals surface area contributed by atoms with E-state index in [1.54, 1.807) is 35.8 Å². The van der Waals surface area contributed by atoms with Crippen molar-refractivity contribution in [3.8, 4) is 0 Å². The van der Waals surface area contributed by atoms with Gasteiger partial charge in [-0.15, -0.1) is 11.3 Å². The molecule has 1 aromatic heterocycles. The fourth-order valence-corrected chi connectivity index (χ4v) is 4.62. The number of nitrogens with one attached hydrogen (secondary N) is 1. The van der Waals surface area contributed by atoms with Crippen LogP contribution < -0.4 is 10.2 Å². The lowest BCUT2D eigenvalue weighted by Gasteiger charge is -2.28. The molecule has 3 aromatic rings. The Balaban J connectivity index is 1.52. The van der Waals surface area contributed by atoms with Gasteiger partial charge in [-0.05, 0) is 56.5 Å². The molecular formula is C26H28N4O4S. The van der Waals surface area contributed by atoms with Gasteiger partial charge in [0.05, 0.1) is 5.69 Å². The molecule has 2 aromatic carbocycles. The van der Waals surface area contributed by atoms with Gasteiger partial charge in [-0.25, -0.2) is 9.78 Å². The van der Waals surface area contributed by atoms with E-state index in [0.717, 1.165) is 5.56 Å². The van der Waals surface area contributed by atoms with Crippen LogP contribution in [0.4, 0.5) is 15.6 Å². The van der Waals surface area contributed by atoms with Gasteiger partial charge in [-0.3, -0.25) is 19.4 Å². The largest absolute Gasteiger partial charge is 0.445 e. The Morgan fingerprint density at radius 2 is 1.89 bits per heavy atom. The molecule has 0 saturated carbocycles. The van der Waals surface area contributed by atoms with Crippen LogP contribution in [-0.4, -0.2) is 46.4 Å². The number of amides is 3.